The summed E-state index contributed by atoms with van der Waals surface area (Å²) in [6, 6.07) is 0. The number of rotatable bonds is 3. The number of carbonyl (C=O) groups excluding carboxylic acids is 1. The molecular formula is C32H52O6. The monoisotopic (exact) mass is 532 g/mol. The molecule has 6 aliphatic rings. The summed E-state index contributed by atoms with van der Waals surface area (Å²) < 4.78 is 12.4. The third-order valence-electron chi connectivity index (χ3n) is 14.1. The predicted molar refractivity (Wildman–Crippen MR) is 144 cm³/mol. The van der Waals surface area contributed by atoms with Crippen molar-refractivity contribution in [2.24, 2.45) is 50.7 Å². The van der Waals surface area contributed by atoms with Gasteiger partial charge in [0.1, 0.15) is 0 Å². The van der Waals surface area contributed by atoms with E-state index in [4.69, 9.17) is 9.47 Å². The van der Waals surface area contributed by atoms with Crippen LogP contribution in [-0.2, 0) is 14.3 Å². The van der Waals surface area contributed by atoms with E-state index in [-0.39, 0.29) is 45.7 Å². The first-order valence-electron chi connectivity index (χ1n) is 15.4. The number of carbonyl (C=O) groups is 1. The molecule has 0 aromatic heterocycles. The number of hydrogen-bond acceptors (Lipinski definition) is 6. The van der Waals surface area contributed by atoms with Crippen LogP contribution < -0.4 is 0 Å². The maximum Gasteiger partial charge on any atom is 0.303 e. The van der Waals surface area contributed by atoms with Crippen molar-refractivity contribution < 1.29 is 29.6 Å². The fraction of sp³-hybridized carbons (Fsp3) is 0.969. The summed E-state index contributed by atoms with van der Waals surface area (Å²) >= 11 is 0. The Labute approximate surface area is 229 Å². The van der Waals surface area contributed by atoms with Gasteiger partial charge in [-0.05, 0) is 111 Å². The van der Waals surface area contributed by atoms with Crippen molar-refractivity contribution in [2.75, 3.05) is 0 Å². The lowest BCUT2D eigenvalue weighted by Gasteiger charge is -2.63. The normalized spacial score (nSPS) is 55.4. The van der Waals surface area contributed by atoms with Gasteiger partial charge in [0.2, 0.25) is 0 Å². The van der Waals surface area contributed by atoms with Gasteiger partial charge in [-0.1, -0.05) is 34.6 Å². The third-order valence-corrected chi connectivity index (χ3v) is 14.1. The second-order valence-electron chi connectivity index (χ2n) is 16.3. The average molecular weight is 533 g/mol. The standard InChI is InChI=1S/C32H52O6/c1-17-15-19(26(28(5,6)36)37-18(2)33)38-24-23(17)29(7)13-14-32-16-31(32)12-11-22(34)27(3,4)20(31)9-10-21(32)30(29,8)25(24)35/h17,19-26,34-36H,9-16H2,1-8H3/t17-,19?,20+,21?,22?,23+,24+,25+,26?,29?,30-,31?,32?/m1/s1. The van der Waals surface area contributed by atoms with Crippen molar-refractivity contribution in [3.63, 3.8) is 0 Å². The summed E-state index contributed by atoms with van der Waals surface area (Å²) in [4.78, 5) is 11.9. The molecular weight excluding hydrogens is 480 g/mol. The zero-order valence-electron chi connectivity index (χ0n) is 24.9. The highest BCUT2D eigenvalue weighted by molar-refractivity contribution is 5.66. The molecule has 6 nitrogen and oxygen atoms in total. The highest BCUT2D eigenvalue weighted by Gasteiger charge is 2.84. The number of ether oxygens (including phenoxy) is 2. The van der Waals surface area contributed by atoms with E-state index in [0.717, 1.165) is 32.1 Å². The maximum atomic E-state index is 12.3. The second-order valence-corrected chi connectivity index (χ2v) is 16.3. The molecule has 0 bridgehead atoms. The second kappa shape index (κ2) is 7.98. The Balaban J connectivity index is 1.35. The Morgan fingerprint density at radius 2 is 1.63 bits per heavy atom. The van der Waals surface area contributed by atoms with Crippen LogP contribution in [0, 0.1) is 50.7 Å². The Kier molecular flexibility index (Phi) is 5.77. The van der Waals surface area contributed by atoms with Gasteiger partial charge in [-0.2, -0.15) is 0 Å². The number of esters is 1. The molecule has 0 amide bonds. The first-order valence-corrected chi connectivity index (χ1v) is 15.4. The molecule has 6 rings (SSSR count). The van der Waals surface area contributed by atoms with Crippen LogP contribution in [0.2, 0.25) is 0 Å². The van der Waals surface area contributed by atoms with E-state index >= 15 is 0 Å². The molecule has 0 aromatic carbocycles. The van der Waals surface area contributed by atoms with Crippen molar-refractivity contribution in [3.8, 4) is 0 Å². The van der Waals surface area contributed by atoms with Gasteiger partial charge < -0.3 is 24.8 Å². The lowest BCUT2D eigenvalue weighted by molar-refractivity contribution is -0.216. The van der Waals surface area contributed by atoms with Gasteiger partial charge in [-0.3, -0.25) is 4.79 Å². The van der Waals surface area contributed by atoms with Crippen LogP contribution in [-0.4, -0.2) is 57.4 Å². The zero-order chi connectivity index (χ0) is 27.8. The number of aliphatic hydroxyl groups is 3. The van der Waals surface area contributed by atoms with Gasteiger partial charge in [-0.15, -0.1) is 0 Å². The third kappa shape index (κ3) is 3.13. The number of fused-ring (bicyclic) bond motifs is 4. The summed E-state index contributed by atoms with van der Waals surface area (Å²) in [5, 5.41) is 34.2. The van der Waals surface area contributed by atoms with Gasteiger partial charge in [-0.25, -0.2) is 0 Å². The van der Waals surface area contributed by atoms with Gasteiger partial charge in [0.15, 0.2) is 6.10 Å². The van der Waals surface area contributed by atoms with Crippen molar-refractivity contribution >= 4 is 5.97 Å². The van der Waals surface area contributed by atoms with Crippen molar-refractivity contribution in [2.45, 2.75) is 143 Å². The first kappa shape index (κ1) is 27.5. The van der Waals surface area contributed by atoms with Gasteiger partial charge in [0, 0.05) is 12.3 Å². The van der Waals surface area contributed by atoms with Crippen LogP contribution in [0.3, 0.4) is 0 Å². The fourth-order valence-corrected chi connectivity index (χ4v) is 12.4. The molecule has 6 heteroatoms. The Morgan fingerprint density at radius 1 is 1.00 bits per heavy atom. The number of hydrogen-bond donors (Lipinski definition) is 3. The van der Waals surface area contributed by atoms with Gasteiger partial charge >= 0.3 is 5.97 Å². The summed E-state index contributed by atoms with van der Waals surface area (Å²) in [6.07, 6.45) is 6.19. The summed E-state index contributed by atoms with van der Waals surface area (Å²) in [6.45, 7) is 16.4. The van der Waals surface area contributed by atoms with E-state index < -0.39 is 29.9 Å². The van der Waals surface area contributed by atoms with Crippen LogP contribution in [0.25, 0.3) is 0 Å². The molecule has 7 unspecified atom stereocenters. The Bertz CT molecular complexity index is 1000. The van der Waals surface area contributed by atoms with Crippen LogP contribution in [0.15, 0.2) is 0 Å². The molecule has 5 aliphatic carbocycles. The molecule has 0 aromatic rings. The molecule has 3 N–H and O–H groups in total. The highest BCUT2D eigenvalue weighted by Crippen LogP contribution is 2.89. The van der Waals surface area contributed by atoms with Crippen LogP contribution >= 0.6 is 0 Å². The van der Waals surface area contributed by atoms with E-state index in [1.165, 1.54) is 19.8 Å². The van der Waals surface area contributed by atoms with E-state index in [0.29, 0.717) is 23.7 Å². The average Bonchev–Trinajstić information content (AvgIpc) is 3.44. The topological polar surface area (TPSA) is 96.2 Å². The molecule has 13 atom stereocenters. The first-order chi connectivity index (χ1) is 17.5. The van der Waals surface area contributed by atoms with Gasteiger partial charge in [0.25, 0.3) is 0 Å². The van der Waals surface area contributed by atoms with Gasteiger partial charge in [0.05, 0.1) is 30.0 Å². The molecule has 2 spiro atoms. The maximum absolute atomic E-state index is 12.3. The molecule has 0 radical (unpaired) electrons. The minimum absolute atomic E-state index is 0.0383. The lowest BCUT2D eigenvalue weighted by atomic mass is 9.41. The predicted octanol–water partition coefficient (Wildman–Crippen LogP) is 4.86. The van der Waals surface area contributed by atoms with Crippen molar-refractivity contribution in [3.05, 3.63) is 0 Å². The highest BCUT2D eigenvalue weighted by atomic mass is 16.6. The minimum Gasteiger partial charge on any atom is -0.457 e. The lowest BCUT2D eigenvalue weighted by Crippen LogP contribution is -2.59. The Morgan fingerprint density at radius 3 is 2.26 bits per heavy atom. The van der Waals surface area contributed by atoms with Crippen LogP contribution in [0.5, 0.6) is 0 Å². The number of aliphatic hydroxyl groups excluding tert-OH is 2. The van der Waals surface area contributed by atoms with E-state index in [9.17, 15) is 20.1 Å². The SMILES string of the molecule is CC(=O)OC(C1C[C@@H](C)[C@H]2[C@H](O1)[C@H](O)[C@@]1(C)C3CC[C@H]4C(C)(C)C(O)CCC45CC35CCC21C)C(C)(C)O. The molecule has 6 fully saturated rings. The van der Waals surface area contributed by atoms with Crippen molar-refractivity contribution in [1.29, 1.82) is 0 Å². The molecule has 216 valence electrons. The summed E-state index contributed by atoms with van der Waals surface area (Å²) in [5.41, 5.74) is -1.01. The largest absolute Gasteiger partial charge is 0.457 e. The van der Waals surface area contributed by atoms with E-state index in [1.807, 2.05) is 0 Å². The fourth-order valence-electron chi connectivity index (χ4n) is 12.4. The Hall–Kier alpha value is -0.690. The smallest absolute Gasteiger partial charge is 0.303 e. The minimum atomic E-state index is -1.24. The molecule has 1 aliphatic heterocycles. The van der Waals surface area contributed by atoms with E-state index in [1.54, 1.807) is 13.8 Å². The van der Waals surface area contributed by atoms with Crippen LogP contribution in [0.1, 0.15) is 107 Å². The zero-order valence-corrected chi connectivity index (χ0v) is 24.9. The summed E-state index contributed by atoms with van der Waals surface area (Å²) in [5.74, 6) is 1.09. The quantitative estimate of drug-likeness (QED) is 0.449. The molecule has 1 heterocycles. The van der Waals surface area contributed by atoms with E-state index in [2.05, 4.69) is 34.6 Å². The summed E-state index contributed by atoms with van der Waals surface area (Å²) in [7, 11) is 0. The molecule has 5 saturated carbocycles. The van der Waals surface area contributed by atoms with Crippen molar-refractivity contribution in [1.82, 2.24) is 0 Å². The van der Waals surface area contributed by atoms with Crippen LogP contribution in [0.4, 0.5) is 0 Å². The molecule has 1 saturated heterocycles. The molecule has 38 heavy (non-hydrogen) atoms.